The monoisotopic (exact) mass is 502 g/mol. The van der Waals surface area contributed by atoms with Crippen molar-refractivity contribution >= 4 is 11.8 Å². The van der Waals surface area contributed by atoms with Crippen LogP contribution in [0.15, 0.2) is 72.8 Å². The Morgan fingerprint density at radius 1 is 1.05 bits per heavy atom. The zero-order chi connectivity index (χ0) is 26.4. The van der Waals surface area contributed by atoms with Crippen molar-refractivity contribution in [1.29, 1.82) is 0 Å². The minimum absolute atomic E-state index is 0.146. The van der Waals surface area contributed by atoms with Crippen molar-refractivity contribution in [3.05, 3.63) is 101 Å². The second-order valence-corrected chi connectivity index (χ2v) is 9.97. The second kappa shape index (κ2) is 12.0. The van der Waals surface area contributed by atoms with Gasteiger partial charge in [-0.1, -0.05) is 69.3 Å². The number of carbonyl (C=O) groups excluding carboxylic acids is 2. The summed E-state index contributed by atoms with van der Waals surface area (Å²) in [6, 6.07) is 21.9. The highest BCUT2D eigenvalue weighted by Gasteiger charge is 2.32. The summed E-state index contributed by atoms with van der Waals surface area (Å²) in [4.78, 5) is 28.1. The van der Waals surface area contributed by atoms with Gasteiger partial charge in [-0.25, -0.2) is 4.39 Å². The molecular weight excluding hydrogens is 467 g/mol. The van der Waals surface area contributed by atoms with Crippen LogP contribution in [-0.2, 0) is 22.6 Å². The summed E-state index contributed by atoms with van der Waals surface area (Å²) in [7, 11) is 0. The van der Waals surface area contributed by atoms with Crippen LogP contribution < -0.4 is 10.1 Å². The molecule has 4 rings (SSSR count). The molecule has 1 N–H and O–H groups in total. The molecule has 0 saturated heterocycles. The molecule has 194 valence electrons. The highest BCUT2D eigenvalue weighted by atomic mass is 19.1. The Hall–Kier alpha value is -3.67. The zero-order valence-corrected chi connectivity index (χ0v) is 21.7. The van der Waals surface area contributed by atoms with Crippen LogP contribution in [-0.4, -0.2) is 29.4 Å². The van der Waals surface area contributed by atoms with Gasteiger partial charge in [0.2, 0.25) is 5.91 Å². The predicted molar refractivity (Wildman–Crippen MR) is 143 cm³/mol. The first kappa shape index (κ1) is 26.4. The van der Waals surface area contributed by atoms with Crippen molar-refractivity contribution in [2.75, 3.05) is 6.54 Å². The SMILES string of the molecule is CC[C@H](Oc1ccc2c(c1)[C@H](c1ccccc1)N(C(=O)CC(C)C)CC2)C(=O)NCc1ccc(F)cc1. The molecule has 0 radical (unpaired) electrons. The van der Waals surface area contributed by atoms with Crippen LogP contribution in [0, 0.1) is 11.7 Å². The highest BCUT2D eigenvalue weighted by Crippen LogP contribution is 2.38. The average Bonchev–Trinajstić information content (AvgIpc) is 2.90. The molecule has 6 heteroatoms. The van der Waals surface area contributed by atoms with Crippen molar-refractivity contribution in [3.63, 3.8) is 0 Å². The van der Waals surface area contributed by atoms with E-state index >= 15 is 0 Å². The third-order valence-electron chi connectivity index (χ3n) is 6.69. The summed E-state index contributed by atoms with van der Waals surface area (Å²) in [6.07, 6.45) is 1.10. The number of hydrogen-bond donors (Lipinski definition) is 1. The standard InChI is InChI=1S/C31H35FN2O3/c1-4-28(31(36)33-20-22-10-13-25(32)14-11-22)37-26-15-12-23-16-17-34(29(35)18-21(2)3)30(27(23)19-26)24-8-6-5-7-9-24/h5-15,19,21,28,30H,4,16-18,20H2,1-3H3,(H,33,36)/t28-,30-/m0/s1. The molecule has 2 amide bonds. The highest BCUT2D eigenvalue weighted by molar-refractivity contribution is 5.81. The van der Waals surface area contributed by atoms with Gasteiger partial charge in [0.25, 0.3) is 5.91 Å². The molecule has 1 aliphatic heterocycles. The number of rotatable bonds is 9. The molecule has 1 heterocycles. The van der Waals surface area contributed by atoms with E-state index in [4.69, 9.17) is 4.74 Å². The van der Waals surface area contributed by atoms with E-state index in [-0.39, 0.29) is 29.6 Å². The molecular formula is C31H35FN2O3. The van der Waals surface area contributed by atoms with Crippen molar-refractivity contribution in [2.45, 2.75) is 58.7 Å². The summed E-state index contributed by atoms with van der Waals surface area (Å²) in [5, 5.41) is 2.89. The van der Waals surface area contributed by atoms with E-state index in [2.05, 4.69) is 31.3 Å². The molecule has 0 bridgehead atoms. The minimum atomic E-state index is -0.670. The van der Waals surface area contributed by atoms with Gasteiger partial charge in [-0.3, -0.25) is 9.59 Å². The molecule has 0 fully saturated rings. The fourth-order valence-corrected chi connectivity index (χ4v) is 4.79. The molecule has 0 saturated carbocycles. The van der Waals surface area contributed by atoms with Gasteiger partial charge in [0.05, 0.1) is 6.04 Å². The number of amides is 2. The molecule has 0 spiro atoms. The molecule has 0 unspecified atom stereocenters. The molecule has 3 aromatic carbocycles. The lowest BCUT2D eigenvalue weighted by molar-refractivity contribution is -0.134. The zero-order valence-electron chi connectivity index (χ0n) is 21.7. The van der Waals surface area contributed by atoms with Gasteiger partial charge in [-0.2, -0.15) is 0 Å². The predicted octanol–water partition coefficient (Wildman–Crippen LogP) is 5.82. The van der Waals surface area contributed by atoms with Gasteiger partial charge in [-0.15, -0.1) is 0 Å². The van der Waals surface area contributed by atoms with Gasteiger partial charge >= 0.3 is 0 Å². The summed E-state index contributed by atoms with van der Waals surface area (Å²) in [5.74, 6) is 0.487. The first-order valence-electron chi connectivity index (χ1n) is 13.0. The summed E-state index contributed by atoms with van der Waals surface area (Å²) < 4.78 is 19.3. The normalized spacial score (nSPS) is 15.7. The van der Waals surface area contributed by atoms with E-state index in [0.29, 0.717) is 31.7 Å². The summed E-state index contributed by atoms with van der Waals surface area (Å²) >= 11 is 0. The Morgan fingerprint density at radius 2 is 1.78 bits per heavy atom. The van der Waals surface area contributed by atoms with E-state index in [1.807, 2.05) is 48.2 Å². The number of nitrogens with one attached hydrogen (secondary N) is 1. The van der Waals surface area contributed by atoms with E-state index in [1.165, 1.54) is 17.7 Å². The van der Waals surface area contributed by atoms with Crippen molar-refractivity contribution < 1.29 is 18.7 Å². The van der Waals surface area contributed by atoms with E-state index < -0.39 is 6.10 Å². The molecule has 0 aliphatic carbocycles. The van der Waals surface area contributed by atoms with Crippen LogP contribution >= 0.6 is 0 Å². The first-order chi connectivity index (χ1) is 17.9. The maximum atomic E-state index is 13.2. The maximum absolute atomic E-state index is 13.2. The smallest absolute Gasteiger partial charge is 0.261 e. The lowest BCUT2D eigenvalue weighted by Crippen LogP contribution is -2.41. The van der Waals surface area contributed by atoms with Gasteiger partial charge < -0.3 is 15.0 Å². The third-order valence-corrected chi connectivity index (χ3v) is 6.69. The van der Waals surface area contributed by atoms with Gasteiger partial charge in [-0.05, 0) is 65.3 Å². The molecule has 37 heavy (non-hydrogen) atoms. The van der Waals surface area contributed by atoms with Crippen LogP contribution in [0.3, 0.4) is 0 Å². The number of fused-ring (bicyclic) bond motifs is 1. The fraction of sp³-hybridized carbons (Fsp3) is 0.355. The summed E-state index contributed by atoms with van der Waals surface area (Å²) in [6.45, 7) is 6.99. The van der Waals surface area contributed by atoms with E-state index in [1.54, 1.807) is 12.1 Å². The Kier molecular flexibility index (Phi) is 8.59. The van der Waals surface area contributed by atoms with Crippen molar-refractivity contribution in [3.8, 4) is 5.75 Å². The Labute approximate surface area is 218 Å². The van der Waals surface area contributed by atoms with Crippen molar-refractivity contribution in [2.24, 2.45) is 5.92 Å². The molecule has 0 aromatic heterocycles. The number of benzene rings is 3. The van der Waals surface area contributed by atoms with Gasteiger partial charge in [0, 0.05) is 19.5 Å². The molecule has 2 atom stereocenters. The number of hydrogen-bond acceptors (Lipinski definition) is 3. The Morgan fingerprint density at radius 3 is 2.46 bits per heavy atom. The van der Waals surface area contributed by atoms with Crippen molar-refractivity contribution in [1.82, 2.24) is 10.2 Å². The molecule has 5 nitrogen and oxygen atoms in total. The molecule has 3 aromatic rings. The second-order valence-electron chi connectivity index (χ2n) is 9.97. The van der Waals surface area contributed by atoms with Crippen LogP contribution in [0.2, 0.25) is 0 Å². The van der Waals surface area contributed by atoms with Crippen LogP contribution in [0.5, 0.6) is 5.75 Å². The van der Waals surface area contributed by atoms with Crippen LogP contribution in [0.1, 0.15) is 61.9 Å². The van der Waals surface area contributed by atoms with E-state index in [0.717, 1.165) is 23.1 Å². The van der Waals surface area contributed by atoms with Crippen LogP contribution in [0.4, 0.5) is 4.39 Å². The fourth-order valence-electron chi connectivity index (χ4n) is 4.79. The van der Waals surface area contributed by atoms with Gasteiger partial charge in [0.1, 0.15) is 11.6 Å². The first-order valence-corrected chi connectivity index (χ1v) is 13.0. The topological polar surface area (TPSA) is 58.6 Å². The average molecular weight is 503 g/mol. The maximum Gasteiger partial charge on any atom is 0.261 e. The summed E-state index contributed by atoms with van der Waals surface area (Å²) in [5.41, 5.74) is 4.09. The lowest BCUT2D eigenvalue weighted by atomic mass is 9.87. The number of ether oxygens (including phenoxy) is 1. The lowest BCUT2D eigenvalue weighted by Gasteiger charge is -2.38. The third kappa shape index (κ3) is 6.56. The van der Waals surface area contributed by atoms with Crippen LogP contribution in [0.25, 0.3) is 0 Å². The Bertz CT molecular complexity index is 1210. The number of halogens is 1. The van der Waals surface area contributed by atoms with E-state index in [9.17, 15) is 14.0 Å². The number of carbonyl (C=O) groups is 2. The largest absolute Gasteiger partial charge is 0.481 e. The Balaban J connectivity index is 1.55. The number of nitrogens with zero attached hydrogens (tertiary/aromatic N) is 1. The quantitative estimate of drug-likeness (QED) is 0.401. The van der Waals surface area contributed by atoms with Gasteiger partial charge in [0.15, 0.2) is 6.10 Å². The molecule has 1 aliphatic rings. The minimum Gasteiger partial charge on any atom is -0.481 e.